The van der Waals surface area contributed by atoms with Crippen molar-refractivity contribution in [3.05, 3.63) is 53.0 Å². The van der Waals surface area contributed by atoms with Crippen LogP contribution in [0.3, 0.4) is 0 Å². The predicted octanol–water partition coefficient (Wildman–Crippen LogP) is 3.19. The van der Waals surface area contributed by atoms with Gasteiger partial charge in [0.05, 0.1) is 6.54 Å². The Morgan fingerprint density at radius 1 is 1.17 bits per heavy atom. The Hall–Kier alpha value is -1.74. The third-order valence-corrected chi connectivity index (χ3v) is 2.81. The van der Waals surface area contributed by atoms with E-state index in [4.69, 9.17) is 9.15 Å². The minimum Gasteiger partial charge on any atom is -0.486 e. The SMILES string of the molecule is CNCc1oc(COc2ccc(C)cc2)cc1C. The summed E-state index contributed by atoms with van der Waals surface area (Å²) in [5.74, 6) is 2.70. The largest absolute Gasteiger partial charge is 0.486 e. The molecule has 0 radical (unpaired) electrons. The maximum atomic E-state index is 5.71. The van der Waals surface area contributed by atoms with Crippen molar-refractivity contribution in [2.45, 2.75) is 27.0 Å². The zero-order chi connectivity index (χ0) is 13.0. The molecule has 1 heterocycles. The maximum Gasteiger partial charge on any atom is 0.146 e. The van der Waals surface area contributed by atoms with Gasteiger partial charge in [0, 0.05) is 0 Å². The van der Waals surface area contributed by atoms with Crippen LogP contribution in [-0.4, -0.2) is 7.05 Å². The lowest BCUT2D eigenvalue weighted by molar-refractivity contribution is 0.265. The molecule has 0 spiro atoms. The fraction of sp³-hybridized carbons (Fsp3) is 0.333. The summed E-state index contributed by atoms with van der Waals surface area (Å²) in [6, 6.07) is 10.0. The van der Waals surface area contributed by atoms with E-state index in [2.05, 4.69) is 12.2 Å². The lowest BCUT2D eigenvalue weighted by atomic mass is 10.2. The third-order valence-electron chi connectivity index (χ3n) is 2.81. The van der Waals surface area contributed by atoms with E-state index in [-0.39, 0.29) is 0 Å². The van der Waals surface area contributed by atoms with Crippen LogP contribution in [0.1, 0.15) is 22.6 Å². The van der Waals surface area contributed by atoms with E-state index in [0.717, 1.165) is 29.4 Å². The van der Waals surface area contributed by atoms with E-state index in [1.165, 1.54) is 5.56 Å². The molecule has 0 saturated carbocycles. The van der Waals surface area contributed by atoms with Crippen LogP contribution in [0.2, 0.25) is 0 Å². The van der Waals surface area contributed by atoms with Crippen molar-refractivity contribution in [2.75, 3.05) is 7.05 Å². The minimum absolute atomic E-state index is 0.466. The smallest absolute Gasteiger partial charge is 0.146 e. The zero-order valence-electron chi connectivity index (χ0n) is 11.1. The first-order chi connectivity index (χ1) is 8.69. The first kappa shape index (κ1) is 12.7. The average molecular weight is 245 g/mol. The monoisotopic (exact) mass is 245 g/mol. The molecule has 0 fully saturated rings. The molecular formula is C15H19NO2. The van der Waals surface area contributed by atoms with Crippen LogP contribution in [0.25, 0.3) is 0 Å². The topological polar surface area (TPSA) is 34.4 Å². The summed E-state index contributed by atoms with van der Waals surface area (Å²) in [7, 11) is 1.91. The molecule has 0 unspecified atom stereocenters. The molecule has 0 atom stereocenters. The van der Waals surface area contributed by atoms with Gasteiger partial charge < -0.3 is 14.5 Å². The van der Waals surface area contributed by atoms with Crippen molar-refractivity contribution in [1.29, 1.82) is 0 Å². The lowest BCUT2D eigenvalue weighted by Gasteiger charge is -2.04. The fourth-order valence-corrected chi connectivity index (χ4v) is 1.79. The van der Waals surface area contributed by atoms with Crippen LogP contribution in [0.4, 0.5) is 0 Å². The number of benzene rings is 1. The molecule has 1 N–H and O–H groups in total. The Bertz CT molecular complexity index is 500. The van der Waals surface area contributed by atoms with Gasteiger partial charge in [-0.2, -0.15) is 0 Å². The normalized spacial score (nSPS) is 10.6. The second-order valence-electron chi connectivity index (χ2n) is 4.45. The highest BCUT2D eigenvalue weighted by Gasteiger charge is 2.07. The summed E-state index contributed by atoms with van der Waals surface area (Å²) >= 11 is 0. The van der Waals surface area contributed by atoms with Crippen molar-refractivity contribution >= 4 is 0 Å². The molecular weight excluding hydrogens is 226 g/mol. The van der Waals surface area contributed by atoms with Crippen molar-refractivity contribution in [3.8, 4) is 5.75 Å². The van der Waals surface area contributed by atoms with Crippen LogP contribution in [0.5, 0.6) is 5.75 Å². The lowest BCUT2D eigenvalue weighted by Crippen LogP contribution is -2.04. The Kier molecular flexibility index (Phi) is 4.05. The van der Waals surface area contributed by atoms with Gasteiger partial charge in [0.25, 0.3) is 0 Å². The predicted molar refractivity (Wildman–Crippen MR) is 71.7 cm³/mol. The summed E-state index contributed by atoms with van der Waals surface area (Å²) in [6.45, 7) is 5.32. The quantitative estimate of drug-likeness (QED) is 0.878. The first-order valence-corrected chi connectivity index (χ1v) is 6.11. The molecule has 3 nitrogen and oxygen atoms in total. The standard InChI is InChI=1S/C15H19NO2/c1-11-4-6-13(7-5-11)17-10-14-8-12(2)15(18-14)9-16-3/h4-8,16H,9-10H2,1-3H3. The number of furan rings is 1. The Morgan fingerprint density at radius 2 is 1.89 bits per heavy atom. The Balaban J connectivity index is 1.97. The van der Waals surface area contributed by atoms with Crippen LogP contribution in [0, 0.1) is 13.8 Å². The van der Waals surface area contributed by atoms with E-state index in [9.17, 15) is 0 Å². The van der Waals surface area contributed by atoms with Crippen molar-refractivity contribution in [3.63, 3.8) is 0 Å². The molecule has 0 amide bonds. The van der Waals surface area contributed by atoms with E-state index in [1.54, 1.807) is 0 Å². The Morgan fingerprint density at radius 3 is 2.56 bits per heavy atom. The summed E-state index contributed by atoms with van der Waals surface area (Å²) in [5, 5.41) is 3.08. The summed E-state index contributed by atoms with van der Waals surface area (Å²) < 4.78 is 11.4. The number of rotatable bonds is 5. The summed E-state index contributed by atoms with van der Waals surface area (Å²) in [4.78, 5) is 0. The van der Waals surface area contributed by atoms with Crippen molar-refractivity contribution in [2.24, 2.45) is 0 Å². The van der Waals surface area contributed by atoms with Gasteiger partial charge in [0.15, 0.2) is 0 Å². The molecule has 3 heteroatoms. The fourth-order valence-electron chi connectivity index (χ4n) is 1.79. The van der Waals surface area contributed by atoms with E-state index in [0.29, 0.717) is 6.61 Å². The van der Waals surface area contributed by atoms with Gasteiger partial charge in [-0.15, -0.1) is 0 Å². The van der Waals surface area contributed by atoms with Crippen LogP contribution in [-0.2, 0) is 13.2 Å². The van der Waals surface area contributed by atoms with Crippen LogP contribution >= 0.6 is 0 Å². The minimum atomic E-state index is 0.466. The van der Waals surface area contributed by atoms with Gasteiger partial charge in [0.2, 0.25) is 0 Å². The number of nitrogens with one attached hydrogen (secondary N) is 1. The molecule has 2 aromatic rings. The van der Waals surface area contributed by atoms with E-state index in [1.807, 2.05) is 44.3 Å². The van der Waals surface area contributed by atoms with Gasteiger partial charge in [0.1, 0.15) is 23.9 Å². The molecule has 0 saturated heterocycles. The number of hydrogen-bond donors (Lipinski definition) is 1. The van der Waals surface area contributed by atoms with Gasteiger partial charge in [-0.3, -0.25) is 0 Å². The third kappa shape index (κ3) is 3.14. The molecule has 2 rings (SSSR count). The van der Waals surface area contributed by atoms with Crippen molar-refractivity contribution < 1.29 is 9.15 Å². The number of aryl methyl sites for hydroxylation is 2. The molecule has 18 heavy (non-hydrogen) atoms. The molecule has 0 aliphatic heterocycles. The molecule has 1 aromatic heterocycles. The van der Waals surface area contributed by atoms with E-state index < -0.39 is 0 Å². The molecule has 96 valence electrons. The number of ether oxygens (including phenoxy) is 1. The van der Waals surface area contributed by atoms with E-state index >= 15 is 0 Å². The van der Waals surface area contributed by atoms with Gasteiger partial charge in [-0.05, 0) is 44.7 Å². The highest BCUT2D eigenvalue weighted by molar-refractivity contribution is 5.26. The molecule has 0 aliphatic rings. The summed E-state index contributed by atoms with van der Waals surface area (Å²) in [5.41, 5.74) is 2.39. The average Bonchev–Trinajstić information content (AvgIpc) is 2.70. The molecule has 0 bridgehead atoms. The number of hydrogen-bond acceptors (Lipinski definition) is 3. The first-order valence-electron chi connectivity index (χ1n) is 6.11. The van der Waals surface area contributed by atoms with Crippen LogP contribution < -0.4 is 10.1 Å². The molecule has 1 aromatic carbocycles. The van der Waals surface area contributed by atoms with Gasteiger partial charge in [-0.25, -0.2) is 0 Å². The second kappa shape index (κ2) is 5.74. The van der Waals surface area contributed by atoms with Crippen LogP contribution in [0.15, 0.2) is 34.7 Å². The maximum absolute atomic E-state index is 5.71. The second-order valence-corrected chi connectivity index (χ2v) is 4.45. The molecule has 0 aliphatic carbocycles. The highest BCUT2D eigenvalue weighted by Crippen LogP contribution is 2.18. The highest BCUT2D eigenvalue weighted by atomic mass is 16.5. The Labute approximate surface area is 108 Å². The zero-order valence-corrected chi connectivity index (χ0v) is 11.1. The van der Waals surface area contributed by atoms with Gasteiger partial charge in [-0.1, -0.05) is 17.7 Å². The summed E-state index contributed by atoms with van der Waals surface area (Å²) in [6.07, 6.45) is 0. The van der Waals surface area contributed by atoms with Crippen molar-refractivity contribution in [1.82, 2.24) is 5.32 Å². The van der Waals surface area contributed by atoms with Gasteiger partial charge >= 0.3 is 0 Å².